The Labute approximate surface area is 144 Å². The molecule has 0 radical (unpaired) electrons. The van der Waals surface area contributed by atoms with Gasteiger partial charge in [-0.05, 0) is 48.2 Å². The Bertz CT molecular complexity index is 642. The van der Waals surface area contributed by atoms with Crippen molar-refractivity contribution in [3.8, 4) is 5.75 Å². The summed E-state index contributed by atoms with van der Waals surface area (Å²) in [4.78, 5) is 0. The van der Waals surface area contributed by atoms with Gasteiger partial charge in [-0.15, -0.1) is 0 Å². The monoisotopic (exact) mass is 325 g/mol. The molecule has 1 aliphatic rings. The van der Waals surface area contributed by atoms with Crippen molar-refractivity contribution in [2.75, 3.05) is 12.3 Å². The third kappa shape index (κ3) is 4.28. The van der Waals surface area contributed by atoms with E-state index in [2.05, 4.69) is 48.1 Å². The number of nitrogen functional groups attached to an aromatic ring is 1. The largest absolute Gasteiger partial charge is 0.494 e. The van der Waals surface area contributed by atoms with Crippen LogP contribution in [0.2, 0.25) is 0 Å². The molecule has 0 aromatic heterocycles. The number of hydrazine groups is 1. The van der Waals surface area contributed by atoms with Crippen molar-refractivity contribution in [2.24, 2.45) is 0 Å². The Hall–Kier alpha value is -2.04. The number of ether oxygens (including phenoxy) is 1. The highest BCUT2D eigenvalue weighted by atomic mass is 16.5. The molecule has 1 aliphatic heterocycles. The Balaban J connectivity index is 1.60. The van der Waals surface area contributed by atoms with Crippen LogP contribution in [0, 0.1) is 0 Å². The van der Waals surface area contributed by atoms with Crippen molar-refractivity contribution in [1.29, 1.82) is 0 Å². The highest BCUT2D eigenvalue weighted by Crippen LogP contribution is 2.32. The highest BCUT2D eigenvalue weighted by molar-refractivity contribution is 5.40. The smallest absolute Gasteiger partial charge is 0.119 e. The third-order valence-electron chi connectivity index (χ3n) is 4.52. The Kier molecular flexibility index (Phi) is 5.72. The first-order valence-corrected chi connectivity index (χ1v) is 8.85. The molecule has 0 spiro atoms. The van der Waals surface area contributed by atoms with Crippen molar-refractivity contribution in [2.45, 2.75) is 44.7 Å². The fourth-order valence-electron chi connectivity index (χ4n) is 3.09. The summed E-state index contributed by atoms with van der Waals surface area (Å²) in [5.41, 5.74) is 15.9. The number of unbranched alkanes of at least 4 members (excludes halogenated alkanes) is 2. The molecule has 0 aliphatic carbocycles. The molecule has 0 amide bonds. The van der Waals surface area contributed by atoms with E-state index >= 15 is 0 Å². The Morgan fingerprint density at radius 3 is 2.50 bits per heavy atom. The van der Waals surface area contributed by atoms with Gasteiger partial charge in [-0.25, -0.2) is 10.9 Å². The first-order chi connectivity index (χ1) is 11.8. The van der Waals surface area contributed by atoms with Crippen LogP contribution in [0.15, 0.2) is 48.5 Å². The molecule has 4 heteroatoms. The number of hydrogen-bond donors (Lipinski definition) is 3. The predicted octanol–water partition coefficient (Wildman–Crippen LogP) is 4.12. The minimum atomic E-state index is 0.284. The summed E-state index contributed by atoms with van der Waals surface area (Å²) in [5, 5.41) is 0. The van der Waals surface area contributed by atoms with Gasteiger partial charge in [-0.2, -0.15) is 0 Å². The predicted molar refractivity (Wildman–Crippen MR) is 98.7 cm³/mol. The molecule has 1 saturated heterocycles. The first kappa shape index (κ1) is 16.8. The van der Waals surface area contributed by atoms with Crippen LogP contribution in [0.3, 0.4) is 0 Å². The summed E-state index contributed by atoms with van der Waals surface area (Å²) in [6, 6.07) is 17.1. The summed E-state index contributed by atoms with van der Waals surface area (Å²) < 4.78 is 5.87. The number of benzene rings is 2. The second-order valence-electron chi connectivity index (χ2n) is 6.42. The van der Waals surface area contributed by atoms with Gasteiger partial charge in [0.15, 0.2) is 0 Å². The average Bonchev–Trinajstić information content (AvgIpc) is 3.10. The lowest BCUT2D eigenvalue weighted by Crippen LogP contribution is -2.26. The van der Waals surface area contributed by atoms with Gasteiger partial charge in [0.05, 0.1) is 6.61 Å². The van der Waals surface area contributed by atoms with Crippen LogP contribution < -0.4 is 21.3 Å². The maximum absolute atomic E-state index is 5.87. The molecule has 1 fully saturated rings. The highest BCUT2D eigenvalue weighted by Gasteiger charge is 2.26. The standard InChI is InChI=1S/C20H27N3O/c1-2-3-4-12-24-18-7-5-6-16(13-18)20-14-19(22-23-20)15-8-10-17(21)11-9-15/h5-11,13,19-20,22-23H,2-4,12,14,21H2,1H3. The zero-order chi connectivity index (χ0) is 16.8. The van der Waals surface area contributed by atoms with Gasteiger partial charge in [0.2, 0.25) is 0 Å². The van der Waals surface area contributed by atoms with Crippen LogP contribution in [0.1, 0.15) is 55.8 Å². The van der Waals surface area contributed by atoms with Gasteiger partial charge < -0.3 is 10.5 Å². The number of nitrogens with two attached hydrogens (primary N) is 1. The van der Waals surface area contributed by atoms with Crippen molar-refractivity contribution >= 4 is 5.69 Å². The normalized spacial score (nSPS) is 20.2. The van der Waals surface area contributed by atoms with Crippen LogP contribution in [0.25, 0.3) is 0 Å². The lowest BCUT2D eigenvalue weighted by atomic mass is 9.97. The molecule has 2 atom stereocenters. The van der Waals surface area contributed by atoms with Gasteiger partial charge >= 0.3 is 0 Å². The second-order valence-corrected chi connectivity index (χ2v) is 6.42. The summed E-state index contributed by atoms with van der Waals surface area (Å²) in [6.07, 6.45) is 4.55. The maximum atomic E-state index is 5.87. The van der Waals surface area contributed by atoms with Crippen molar-refractivity contribution < 1.29 is 4.74 Å². The summed E-state index contributed by atoms with van der Waals surface area (Å²) in [5.74, 6) is 0.960. The maximum Gasteiger partial charge on any atom is 0.119 e. The number of nitrogens with one attached hydrogen (secondary N) is 2. The van der Waals surface area contributed by atoms with Crippen LogP contribution in [-0.4, -0.2) is 6.61 Å². The van der Waals surface area contributed by atoms with Gasteiger partial charge in [0.25, 0.3) is 0 Å². The van der Waals surface area contributed by atoms with E-state index < -0.39 is 0 Å². The SMILES string of the molecule is CCCCCOc1cccc(C2CC(c3ccc(N)cc3)NN2)c1. The van der Waals surface area contributed by atoms with Crippen LogP contribution in [0.5, 0.6) is 5.75 Å². The molecule has 4 N–H and O–H groups in total. The zero-order valence-corrected chi connectivity index (χ0v) is 14.3. The average molecular weight is 325 g/mol. The zero-order valence-electron chi connectivity index (χ0n) is 14.3. The Morgan fingerprint density at radius 1 is 1.00 bits per heavy atom. The van der Waals surface area contributed by atoms with E-state index in [9.17, 15) is 0 Å². The van der Waals surface area contributed by atoms with Crippen molar-refractivity contribution in [3.63, 3.8) is 0 Å². The molecule has 128 valence electrons. The summed E-state index contributed by atoms with van der Waals surface area (Å²) >= 11 is 0. The third-order valence-corrected chi connectivity index (χ3v) is 4.52. The van der Waals surface area contributed by atoms with E-state index in [1.807, 2.05) is 18.2 Å². The molecular weight excluding hydrogens is 298 g/mol. The molecule has 4 nitrogen and oxygen atoms in total. The molecular formula is C20H27N3O. The quantitative estimate of drug-likeness (QED) is 0.529. The van der Waals surface area contributed by atoms with Gasteiger partial charge in [0, 0.05) is 17.8 Å². The molecule has 2 aromatic carbocycles. The molecule has 2 aromatic rings. The second kappa shape index (κ2) is 8.18. The lowest BCUT2D eigenvalue weighted by Gasteiger charge is -2.12. The number of rotatable bonds is 7. The van der Waals surface area contributed by atoms with Crippen LogP contribution in [-0.2, 0) is 0 Å². The van der Waals surface area contributed by atoms with Gasteiger partial charge in [-0.3, -0.25) is 0 Å². The molecule has 1 heterocycles. The number of hydrogen-bond acceptors (Lipinski definition) is 4. The molecule has 3 rings (SSSR count). The van der Waals surface area contributed by atoms with Crippen LogP contribution in [0.4, 0.5) is 5.69 Å². The van der Waals surface area contributed by atoms with E-state index in [0.717, 1.165) is 30.9 Å². The fraction of sp³-hybridized carbons (Fsp3) is 0.400. The summed E-state index contributed by atoms with van der Waals surface area (Å²) in [7, 11) is 0. The molecule has 2 unspecified atom stereocenters. The van der Waals surface area contributed by atoms with E-state index in [1.165, 1.54) is 24.0 Å². The molecule has 0 bridgehead atoms. The summed E-state index contributed by atoms with van der Waals surface area (Å²) in [6.45, 7) is 3.00. The topological polar surface area (TPSA) is 59.3 Å². The van der Waals surface area contributed by atoms with E-state index in [4.69, 9.17) is 10.5 Å². The van der Waals surface area contributed by atoms with Crippen molar-refractivity contribution in [1.82, 2.24) is 10.9 Å². The van der Waals surface area contributed by atoms with Crippen LogP contribution >= 0.6 is 0 Å². The molecule has 24 heavy (non-hydrogen) atoms. The molecule has 0 saturated carbocycles. The fourth-order valence-corrected chi connectivity index (χ4v) is 3.09. The minimum absolute atomic E-state index is 0.284. The van der Waals surface area contributed by atoms with E-state index in [1.54, 1.807) is 0 Å². The Morgan fingerprint density at radius 2 is 1.75 bits per heavy atom. The van der Waals surface area contributed by atoms with E-state index in [-0.39, 0.29) is 6.04 Å². The first-order valence-electron chi connectivity index (χ1n) is 8.85. The number of anilines is 1. The van der Waals surface area contributed by atoms with Gasteiger partial charge in [0.1, 0.15) is 5.75 Å². The van der Waals surface area contributed by atoms with Gasteiger partial charge in [-0.1, -0.05) is 44.0 Å². The van der Waals surface area contributed by atoms with E-state index in [0.29, 0.717) is 6.04 Å². The van der Waals surface area contributed by atoms with Crippen molar-refractivity contribution in [3.05, 3.63) is 59.7 Å². The minimum Gasteiger partial charge on any atom is -0.494 e. The lowest BCUT2D eigenvalue weighted by molar-refractivity contribution is 0.305.